The number of ether oxygens (including phenoxy) is 3. The van der Waals surface area contributed by atoms with Gasteiger partial charge in [0.25, 0.3) is 0 Å². The van der Waals surface area contributed by atoms with E-state index in [4.69, 9.17) is 14.2 Å². The van der Waals surface area contributed by atoms with Crippen LogP contribution in [0.2, 0.25) is 0 Å². The van der Waals surface area contributed by atoms with Crippen LogP contribution in [-0.2, 0) is 11.2 Å². The number of likely N-dealkylation sites (tertiary alicyclic amines) is 1. The van der Waals surface area contributed by atoms with Gasteiger partial charge in [-0.3, -0.25) is 4.79 Å². The second-order valence-corrected chi connectivity index (χ2v) is 8.31. The van der Waals surface area contributed by atoms with Crippen LogP contribution in [-0.4, -0.2) is 57.3 Å². The highest BCUT2D eigenvalue weighted by atomic mass is 16.5. The van der Waals surface area contributed by atoms with E-state index in [1.165, 1.54) is 0 Å². The van der Waals surface area contributed by atoms with E-state index in [1.807, 2.05) is 54.3 Å². The zero-order valence-corrected chi connectivity index (χ0v) is 20.0. The summed E-state index contributed by atoms with van der Waals surface area (Å²) in [5.41, 5.74) is 2.16. The van der Waals surface area contributed by atoms with E-state index in [9.17, 15) is 4.79 Å². The normalized spacial score (nSPS) is 15.8. The predicted octanol–water partition coefficient (Wildman–Crippen LogP) is 4.55. The number of piperidine rings is 1. The Hall–Kier alpha value is -2.73. The molecule has 0 aromatic heterocycles. The molecule has 32 heavy (non-hydrogen) atoms. The van der Waals surface area contributed by atoms with E-state index in [0.29, 0.717) is 29.7 Å². The summed E-state index contributed by atoms with van der Waals surface area (Å²) in [5.74, 6) is 2.18. The molecule has 174 valence electrons. The standard InChI is InChI=1S/C26H36N2O4/c1-6-25(29)28(21-10-8-7-9-11-21)22-12-14-27(15-13-22)19(2)16-20-17-23(30-3)26(32-5)24(18-20)31-4/h7-11,17-19,22H,6,12-16H2,1-5H3. The summed E-state index contributed by atoms with van der Waals surface area (Å²) in [6, 6.07) is 14.7. The van der Waals surface area contributed by atoms with Gasteiger partial charge in [-0.05, 0) is 56.0 Å². The van der Waals surface area contributed by atoms with Crippen LogP contribution >= 0.6 is 0 Å². The second kappa shape index (κ2) is 11.2. The zero-order chi connectivity index (χ0) is 23.1. The third-order valence-corrected chi connectivity index (χ3v) is 6.35. The van der Waals surface area contributed by atoms with Gasteiger partial charge in [-0.15, -0.1) is 0 Å². The Bertz CT molecular complexity index is 854. The van der Waals surface area contributed by atoms with Gasteiger partial charge in [0.05, 0.1) is 21.3 Å². The highest BCUT2D eigenvalue weighted by Gasteiger charge is 2.30. The molecule has 0 saturated carbocycles. The molecule has 1 unspecified atom stereocenters. The lowest BCUT2D eigenvalue weighted by Gasteiger charge is -2.41. The lowest BCUT2D eigenvalue weighted by Crippen LogP contribution is -2.49. The quantitative estimate of drug-likeness (QED) is 0.573. The van der Waals surface area contributed by atoms with Crippen molar-refractivity contribution in [3.8, 4) is 17.2 Å². The maximum Gasteiger partial charge on any atom is 0.226 e. The zero-order valence-electron chi connectivity index (χ0n) is 20.0. The average Bonchev–Trinajstić information content (AvgIpc) is 2.84. The Balaban J connectivity index is 1.66. The Morgan fingerprint density at radius 1 is 1.03 bits per heavy atom. The number of benzene rings is 2. The summed E-state index contributed by atoms with van der Waals surface area (Å²) in [7, 11) is 4.91. The molecule has 3 rings (SSSR count). The average molecular weight is 441 g/mol. The predicted molar refractivity (Wildman–Crippen MR) is 128 cm³/mol. The third kappa shape index (κ3) is 5.36. The van der Waals surface area contributed by atoms with E-state index < -0.39 is 0 Å². The van der Waals surface area contributed by atoms with Gasteiger partial charge in [0.1, 0.15) is 0 Å². The molecular weight excluding hydrogens is 404 g/mol. The molecule has 0 bridgehead atoms. The van der Waals surface area contributed by atoms with Gasteiger partial charge < -0.3 is 24.0 Å². The Morgan fingerprint density at radius 3 is 2.12 bits per heavy atom. The molecule has 1 aliphatic heterocycles. The molecule has 2 aromatic carbocycles. The van der Waals surface area contributed by atoms with Crippen molar-refractivity contribution in [3.63, 3.8) is 0 Å². The van der Waals surface area contributed by atoms with Crippen molar-refractivity contribution in [2.75, 3.05) is 39.3 Å². The smallest absolute Gasteiger partial charge is 0.226 e. The van der Waals surface area contributed by atoms with Crippen LogP contribution in [0.25, 0.3) is 0 Å². The molecule has 0 spiro atoms. The highest BCUT2D eigenvalue weighted by Crippen LogP contribution is 2.38. The number of methoxy groups -OCH3 is 3. The monoisotopic (exact) mass is 440 g/mol. The number of carbonyl (C=O) groups excluding carboxylic acids is 1. The van der Waals surface area contributed by atoms with Crippen LogP contribution in [0.5, 0.6) is 17.2 Å². The van der Waals surface area contributed by atoms with Gasteiger partial charge >= 0.3 is 0 Å². The van der Waals surface area contributed by atoms with E-state index in [1.54, 1.807) is 21.3 Å². The van der Waals surface area contributed by atoms with Crippen LogP contribution in [0.4, 0.5) is 5.69 Å². The molecule has 1 aliphatic rings. The molecule has 6 nitrogen and oxygen atoms in total. The number of para-hydroxylation sites is 1. The summed E-state index contributed by atoms with van der Waals surface area (Å²) >= 11 is 0. The fourth-order valence-electron chi connectivity index (χ4n) is 4.63. The van der Waals surface area contributed by atoms with E-state index in [2.05, 4.69) is 11.8 Å². The molecule has 2 aromatic rings. The summed E-state index contributed by atoms with van der Waals surface area (Å²) in [6.45, 7) is 6.13. The van der Waals surface area contributed by atoms with Gasteiger partial charge in [0.2, 0.25) is 11.7 Å². The molecular formula is C26H36N2O4. The number of hydrogen-bond acceptors (Lipinski definition) is 5. The molecule has 1 saturated heterocycles. The van der Waals surface area contributed by atoms with Crippen LogP contribution < -0.4 is 19.1 Å². The van der Waals surface area contributed by atoms with Crippen LogP contribution in [0.1, 0.15) is 38.7 Å². The first-order valence-corrected chi connectivity index (χ1v) is 11.4. The van der Waals surface area contributed by atoms with Gasteiger partial charge in [0.15, 0.2) is 11.5 Å². The third-order valence-electron chi connectivity index (χ3n) is 6.35. The maximum absolute atomic E-state index is 12.7. The number of amides is 1. The van der Waals surface area contributed by atoms with Crippen molar-refractivity contribution in [2.24, 2.45) is 0 Å². The summed E-state index contributed by atoms with van der Waals surface area (Å²) in [4.78, 5) is 17.2. The van der Waals surface area contributed by atoms with Crippen LogP contribution in [0.3, 0.4) is 0 Å². The molecule has 1 atom stereocenters. The highest BCUT2D eigenvalue weighted by molar-refractivity contribution is 5.93. The topological polar surface area (TPSA) is 51.2 Å². The number of rotatable bonds is 9. The van der Waals surface area contributed by atoms with Gasteiger partial charge in [-0.1, -0.05) is 25.1 Å². The molecule has 0 aliphatic carbocycles. The van der Waals surface area contributed by atoms with Crippen molar-refractivity contribution < 1.29 is 19.0 Å². The lowest BCUT2D eigenvalue weighted by atomic mass is 9.98. The molecule has 0 N–H and O–H groups in total. The van der Waals surface area contributed by atoms with Crippen molar-refractivity contribution in [3.05, 3.63) is 48.0 Å². The van der Waals surface area contributed by atoms with Gasteiger partial charge in [-0.2, -0.15) is 0 Å². The van der Waals surface area contributed by atoms with Crippen molar-refractivity contribution in [1.82, 2.24) is 4.90 Å². The molecule has 6 heteroatoms. The Labute approximate surface area is 192 Å². The largest absolute Gasteiger partial charge is 0.493 e. The minimum absolute atomic E-state index is 0.195. The lowest BCUT2D eigenvalue weighted by molar-refractivity contribution is -0.119. The fraction of sp³-hybridized carbons (Fsp3) is 0.500. The molecule has 1 fully saturated rings. The maximum atomic E-state index is 12.7. The number of anilines is 1. The van der Waals surface area contributed by atoms with Gasteiger partial charge in [-0.25, -0.2) is 0 Å². The van der Waals surface area contributed by atoms with Crippen LogP contribution in [0.15, 0.2) is 42.5 Å². The SMILES string of the molecule is CCC(=O)N(c1ccccc1)C1CCN(C(C)Cc2cc(OC)c(OC)c(OC)c2)CC1. The van der Waals surface area contributed by atoms with E-state index >= 15 is 0 Å². The fourth-order valence-corrected chi connectivity index (χ4v) is 4.63. The van der Waals surface area contributed by atoms with Gasteiger partial charge in [0, 0.05) is 37.3 Å². The number of nitrogens with zero attached hydrogens (tertiary/aromatic N) is 2. The van der Waals surface area contributed by atoms with Crippen molar-refractivity contribution in [2.45, 2.75) is 51.6 Å². The first kappa shape index (κ1) is 23.9. The van der Waals surface area contributed by atoms with E-state index in [-0.39, 0.29) is 11.9 Å². The summed E-state index contributed by atoms with van der Waals surface area (Å²) < 4.78 is 16.5. The number of hydrogen-bond donors (Lipinski definition) is 0. The Morgan fingerprint density at radius 2 is 1.62 bits per heavy atom. The molecule has 1 amide bonds. The van der Waals surface area contributed by atoms with Crippen molar-refractivity contribution in [1.29, 1.82) is 0 Å². The minimum Gasteiger partial charge on any atom is -0.493 e. The van der Waals surface area contributed by atoms with Crippen LogP contribution in [0, 0.1) is 0 Å². The van der Waals surface area contributed by atoms with E-state index in [0.717, 1.165) is 43.6 Å². The minimum atomic E-state index is 0.195. The summed E-state index contributed by atoms with van der Waals surface area (Å²) in [6.07, 6.45) is 3.35. The first-order chi connectivity index (χ1) is 15.5. The summed E-state index contributed by atoms with van der Waals surface area (Å²) in [5, 5.41) is 0. The Kier molecular flexibility index (Phi) is 8.39. The van der Waals surface area contributed by atoms with Crippen molar-refractivity contribution >= 4 is 11.6 Å². The molecule has 1 heterocycles. The first-order valence-electron chi connectivity index (χ1n) is 11.4. The number of carbonyl (C=O) groups is 1. The molecule has 0 radical (unpaired) electrons. The second-order valence-electron chi connectivity index (χ2n) is 8.31.